The third-order valence-corrected chi connectivity index (χ3v) is 4.83. The maximum atomic E-state index is 6.31. The molecule has 1 aliphatic rings. The summed E-state index contributed by atoms with van der Waals surface area (Å²) in [6, 6.07) is 6.05. The van der Waals surface area contributed by atoms with Gasteiger partial charge in [-0.25, -0.2) is 0 Å². The van der Waals surface area contributed by atoms with E-state index in [-0.39, 0.29) is 0 Å². The van der Waals surface area contributed by atoms with E-state index >= 15 is 0 Å². The van der Waals surface area contributed by atoms with Crippen LogP contribution in [0.25, 0.3) is 0 Å². The molecule has 0 amide bonds. The van der Waals surface area contributed by atoms with Crippen LogP contribution in [0.5, 0.6) is 0 Å². The van der Waals surface area contributed by atoms with Gasteiger partial charge >= 0.3 is 0 Å². The van der Waals surface area contributed by atoms with Crippen LogP contribution in [-0.4, -0.2) is 20.3 Å². The van der Waals surface area contributed by atoms with Gasteiger partial charge in [0.25, 0.3) is 0 Å². The maximum Gasteiger partial charge on any atom is 0.0468 e. The zero-order chi connectivity index (χ0) is 14.6. The molecule has 4 heteroatoms. The van der Waals surface area contributed by atoms with E-state index in [0.29, 0.717) is 16.5 Å². The van der Waals surface area contributed by atoms with Gasteiger partial charge in [0.05, 0.1) is 0 Å². The van der Waals surface area contributed by atoms with Gasteiger partial charge in [0.2, 0.25) is 0 Å². The minimum absolute atomic E-state index is 0.291. The molecular weight excluding hydrogens is 293 g/mol. The lowest BCUT2D eigenvalue weighted by molar-refractivity contribution is 0.170. The van der Waals surface area contributed by atoms with Crippen molar-refractivity contribution in [3.63, 3.8) is 0 Å². The lowest BCUT2D eigenvalue weighted by atomic mass is 10.00. The molecule has 0 aromatic heterocycles. The topological polar surface area (TPSA) is 21.3 Å². The summed E-state index contributed by atoms with van der Waals surface area (Å²) in [5.74, 6) is 0. The van der Waals surface area contributed by atoms with Crippen molar-refractivity contribution in [2.24, 2.45) is 5.41 Å². The fourth-order valence-corrected chi connectivity index (χ4v) is 3.15. The van der Waals surface area contributed by atoms with E-state index in [1.165, 1.54) is 12.8 Å². The SMILES string of the molecule is CCC(NCC1(CCOC)CC1)c1ccc(Cl)cc1Cl. The quantitative estimate of drug-likeness (QED) is 0.740. The van der Waals surface area contributed by atoms with Crippen molar-refractivity contribution in [1.82, 2.24) is 5.32 Å². The zero-order valence-electron chi connectivity index (χ0n) is 12.2. The average molecular weight is 316 g/mol. The van der Waals surface area contributed by atoms with E-state index in [4.69, 9.17) is 27.9 Å². The van der Waals surface area contributed by atoms with E-state index in [1.54, 1.807) is 7.11 Å². The number of methoxy groups -OCH3 is 1. The Bertz CT molecular complexity index is 446. The first kappa shape index (κ1) is 16.1. The van der Waals surface area contributed by atoms with E-state index in [9.17, 15) is 0 Å². The van der Waals surface area contributed by atoms with Crippen molar-refractivity contribution in [1.29, 1.82) is 0 Å². The van der Waals surface area contributed by atoms with Crippen LogP contribution in [0.15, 0.2) is 18.2 Å². The predicted molar refractivity (Wildman–Crippen MR) is 85.7 cm³/mol. The fraction of sp³-hybridized carbons (Fsp3) is 0.625. The van der Waals surface area contributed by atoms with Gasteiger partial charge < -0.3 is 10.1 Å². The summed E-state index contributed by atoms with van der Waals surface area (Å²) < 4.78 is 5.20. The highest BCUT2D eigenvalue weighted by atomic mass is 35.5. The second-order valence-corrected chi connectivity index (χ2v) is 6.59. The molecule has 1 unspecified atom stereocenters. The van der Waals surface area contributed by atoms with Crippen molar-refractivity contribution >= 4 is 23.2 Å². The first-order valence-corrected chi connectivity index (χ1v) is 8.03. The van der Waals surface area contributed by atoms with Crippen LogP contribution in [0.4, 0.5) is 0 Å². The molecule has 20 heavy (non-hydrogen) atoms. The lowest BCUT2D eigenvalue weighted by Crippen LogP contribution is -2.29. The number of hydrogen-bond donors (Lipinski definition) is 1. The smallest absolute Gasteiger partial charge is 0.0468 e. The van der Waals surface area contributed by atoms with E-state index < -0.39 is 0 Å². The van der Waals surface area contributed by atoms with Gasteiger partial charge in [-0.1, -0.05) is 36.2 Å². The number of benzene rings is 1. The van der Waals surface area contributed by atoms with Gasteiger partial charge in [-0.3, -0.25) is 0 Å². The summed E-state index contributed by atoms with van der Waals surface area (Å²) in [6.07, 6.45) is 4.76. The largest absolute Gasteiger partial charge is 0.385 e. The average Bonchev–Trinajstić information content (AvgIpc) is 3.19. The van der Waals surface area contributed by atoms with E-state index in [2.05, 4.69) is 12.2 Å². The number of halogens is 2. The number of rotatable bonds is 8. The molecule has 1 aromatic rings. The van der Waals surface area contributed by atoms with Crippen LogP contribution < -0.4 is 5.32 Å². The number of hydrogen-bond acceptors (Lipinski definition) is 2. The third-order valence-electron chi connectivity index (χ3n) is 4.26. The predicted octanol–water partition coefficient (Wildman–Crippen LogP) is 4.85. The summed E-state index contributed by atoms with van der Waals surface area (Å²) in [7, 11) is 1.77. The van der Waals surface area contributed by atoms with Gasteiger partial charge in [-0.2, -0.15) is 0 Å². The molecule has 1 aromatic carbocycles. The molecule has 0 spiro atoms. The minimum Gasteiger partial charge on any atom is -0.385 e. The van der Waals surface area contributed by atoms with E-state index in [0.717, 1.165) is 36.6 Å². The molecule has 1 N–H and O–H groups in total. The maximum absolute atomic E-state index is 6.31. The molecule has 0 bridgehead atoms. The van der Waals surface area contributed by atoms with Gasteiger partial charge in [-0.15, -0.1) is 0 Å². The molecule has 1 saturated carbocycles. The molecular formula is C16H23Cl2NO. The molecule has 0 saturated heterocycles. The standard InChI is InChI=1S/C16H23Cl2NO/c1-3-15(13-5-4-12(17)10-14(13)18)19-11-16(6-7-16)8-9-20-2/h4-5,10,15,19H,3,6-9,11H2,1-2H3. The molecule has 2 rings (SSSR count). The number of ether oxygens (including phenoxy) is 1. The Balaban J connectivity index is 1.95. The van der Waals surface area contributed by atoms with E-state index in [1.807, 2.05) is 18.2 Å². The Morgan fingerprint density at radius 2 is 2.10 bits per heavy atom. The molecule has 2 nitrogen and oxygen atoms in total. The molecule has 1 fully saturated rings. The van der Waals surface area contributed by atoms with Crippen molar-refractivity contribution in [3.05, 3.63) is 33.8 Å². The summed E-state index contributed by atoms with van der Waals surface area (Å²) >= 11 is 12.3. The highest BCUT2D eigenvalue weighted by molar-refractivity contribution is 6.35. The monoisotopic (exact) mass is 315 g/mol. The summed E-state index contributed by atoms with van der Waals surface area (Å²) in [5.41, 5.74) is 1.59. The number of nitrogens with one attached hydrogen (secondary N) is 1. The fourth-order valence-electron chi connectivity index (χ4n) is 2.61. The zero-order valence-corrected chi connectivity index (χ0v) is 13.7. The van der Waals surface area contributed by atoms with Gasteiger partial charge in [0, 0.05) is 36.3 Å². The van der Waals surface area contributed by atoms with Gasteiger partial charge in [0.1, 0.15) is 0 Å². The summed E-state index contributed by atoms with van der Waals surface area (Å²) in [6.45, 7) is 4.06. The second kappa shape index (κ2) is 7.13. The van der Waals surface area contributed by atoms with Crippen molar-refractivity contribution in [2.75, 3.05) is 20.3 Å². The second-order valence-electron chi connectivity index (χ2n) is 5.75. The molecule has 112 valence electrons. The molecule has 0 radical (unpaired) electrons. The highest BCUT2D eigenvalue weighted by Crippen LogP contribution is 2.48. The Morgan fingerprint density at radius 1 is 1.35 bits per heavy atom. The van der Waals surface area contributed by atoms with Gasteiger partial charge in [0.15, 0.2) is 0 Å². The normalized spacial score (nSPS) is 18.0. The van der Waals surface area contributed by atoms with Crippen molar-refractivity contribution < 1.29 is 4.74 Å². The van der Waals surface area contributed by atoms with Crippen LogP contribution in [0.3, 0.4) is 0 Å². The third kappa shape index (κ3) is 4.11. The first-order valence-electron chi connectivity index (χ1n) is 7.27. The summed E-state index contributed by atoms with van der Waals surface area (Å²) in [5, 5.41) is 5.11. The van der Waals surface area contributed by atoms with Crippen LogP contribution in [0, 0.1) is 5.41 Å². The molecule has 1 atom stereocenters. The summed E-state index contributed by atoms with van der Waals surface area (Å²) in [4.78, 5) is 0. The first-order chi connectivity index (χ1) is 9.60. The van der Waals surface area contributed by atoms with Crippen LogP contribution in [-0.2, 0) is 4.74 Å². The van der Waals surface area contributed by atoms with Crippen LogP contribution >= 0.6 is 23.2 Å². The minimum atomic E-state index is 0.291. The lowest BCUT2D eigenvalue weighted by Gasteiger charge is -2.23. The van der Waals surface area contributed by atoms with Crippen LogP contribution in [0.2, 0.25) is 10.0 Å². The Kier molecular flexibility index (Phi) is 5.74. The Labute approximate surface area is 131 Å². The Morgan fingerprint density at radius 3 is 2.65 bits per heavy atom. The van der Waals surface area contributed by atoms with Gasteiger partial charge in [-0.05, 0) is 48.8 Å². The molecule has 0 aliphatic heterocycles. The van der Waals surface area contributed by atoms with Crippen molar-refractivity contribution in [3.8, 4) is 0 Å². The highest BCUT2D eigenvalue weighted by Gasteiger charge is 2.41. The van der Waals surface area contributed by atoms with Crippen LogP contribution in [0.1, 0.15) is 44.2 Å². The molecule has 0 heterocycles. The Hall–Kier alpha value is -0.280. The molecule has 1 aliphatic carbocycles. The van der Waals surface area contributed by atoms with Crippen molar-refractivity contribution in [2.45, 2.75) is 38.6 Å².